The van der Waals surface area contributed by atoms with Crippen LogP contribution in [-0.4, -0.2) is 18.7 Å². The average Bonchev–Trinajstić information content (AvgIpc) is 2.41. The molecule has 0 aromatic heterocycles. The number of carbonyl (C=O) groups excluding carboxylic acids is 2. The molecule has 0 saturated heterocycles. The summed E-state index contributed by atoms with van der Waals surface area (Å²) in [5, 5.41) is 0. The zero-order valence-corrected chi connectivity index (χ0v) is 10.8. The second-order valence-corrected chi connectivity index (χ2v) is 4.85. The minimum absolute atomic E-state index is 0.0817. The van der Waals surface area contributed by atoms with Gasteiger partial charge in [-0.25, -0.2) is 0 Å². The molecule has 1 fully saturated rings. The number of Topliss-reactive ketones (excluding diaryl/α,β-unsaturated/α-hetero) is 2. The van der Waals surface area contributed by atoms with Gasteiger partial charge >= 0.3 is 0 Å². The Kier molecular flexibility index (Phi) is 3.80. The predicted octanol–water partition coefficient (Wildman–Crippen LogP) is 2.88. The lowest BCUT2D eigenvalue weighted by Crippen LogP contribution is -2.31. The fourth-order valence-corrected chi connectivity index (χ4v) is 2.53. The maximum atomic E-state index is 12.4. The zero-order valence-electron chi connectivity index (χ0n) is 10.8. The van der Waals surface area contributed by atoms with Gasteiger partial charge in [0.25, 0.3) is 0 Å². The highest BCUT2D eigenvalue weighted by atomic mass is 16.5. The third kappa shape index (κ3) is 2.45. The molecule has 0 N–H and O–H groups in total. The largest absolute Gasteiger partial charge is 0.497 e. The number of hydrogen-bond donors (Lipinski definition) is 0. The van der Waals surface area contributed by atoms with E-state index in [0.29, 0.717) is 12.0 Å². The number of methoxy groups -OCH3 is 1. The lowest BCUT2D eigenvalue weighted by atomic mass is 9.76. The summed E-state index contributed by atoms with van der Waals surface area (Å²) in [7, 11) is 1.60. The van der Waals surface area contributed by atoms with E-state index in [4.69, 9.17) is 4.74 Å². The van der Waals surface area contributed by atoms with Crippen LogP contribution in [0, 0.1) is 11.8 Å². The van der Waals surface area contributed by atoms with E-state index in [-0.39, 0.29) is 23.4 Å². The Balaban J connectivity index is 2.16. The van der Waals surface area contributed by atoms with E-state index in [1.807, 2.05) is 6.92 Å². The van der Waals surface area contributed by atoms with Crippen molar-refractivity contribution in [2.45, 2.75) is 26.2 Å². The summed E-state index contributed by atoms with van der Waals surface area (Å²) < 4.78 is 5.07. The Bertz CT molecular complexity index is 447. The summed E-state index contributed by atoms with van der Waals surface area (Å²) >= 11 is 0. The van der Waals surface area contributed by atoms with E-state index in [0.717, 1.165) is 18.6 Å². The molecule has 0 spiro atoms. The zero-order chi connectivity index (χ0) is 13.1. The molecule has 0 radical (unpaired) electrons. The van der Waals surface area contributed by atoms with Crippen LogP contribution in [0.5, 0.6) is 5.75 Å². The lowest BCUT2D eigenvalue weighted by Gasteiger charge is -2.26. The first-order chi connectivity index (χ1) is 8.63. The Labute approximate surface area is 107 Å². The topological polar surface area (TPSA) is 43.4 Å². The van der Waals surface area contributed by atoms with Crippen molar-refractivity contribution in [1.82, 2.24) is 0 Å². The molecule has 0 amide bonds. The van der Waals surface area contributed by atoms with Crippen molar-refractivity contribution in [3.8, 4) is 5.75 Å². The molecule has 2 rings (SSSR count). The summed E-state index contributed by atoms with van der Waals surface area (Å²) in [6, 6.07) is 7.10. The van der Waals surface area contributed by atoms with Crippen molar-refractivity contribution in [3.05, 3.63) is 29.8 Å². The van der Waals surface area contributed by atoms with Crippen LogP contribution in [-0.2, 0) is 4.79 Å². The Morgan fingerprint density at radius 2 is 1.94 bits per heavy atom. The smallest absolute Gasteiger partial charge is 0.166 e. The van der Waals surface area contributed by atoms with Crippen molar-refractivity contribution < 1.29 is 14.3 Å². The summed E-state index contributed by atoms with van der Waals surface area (Å²) in [5.41, 5.74) is 0.669. The number of carbonyl (C=O) groups is 2. The lowest BCUT2D eigenvalue weighted by molar-refractivity contribution is -0.125. The molecular weight excluding hydrogens is 228 g/mol. The number of hydrogen-bond acceptors (Lipinski definition) is 3. The van der Waals surface area contributed by atoms with Gasteiger partial charge < -0.3 is 4.74 Å². The van der Waals surface area contributed by atoms with E-state index >= 15 is 0 Å². The Morgan fingerprint density at radius 3 is 2.56 bits per heavy atom. The third-order valence-corrected chi connectivity index (χ3v) is 3.76. The quantitative estimate of drug-likeness (QED) is 0.770. The van der Waals surface area contributed by atoms with Gasteiger partial charge in [0.1, 0.15) is 11.5 Å². The van der Waals surface area contributed by atoms with E-state index in [1.54, 1.807) is 31.4 Å². The molecule has 1 aliphatic rings. The van der Waals surface area contributed by atoms with E-state index < -0.39 is 0 Å². The minimum atomic E-state index is -0.153. The van der Waals surface area contributed by atoms with Crippen LogP contribution in [0.3, 0.4) is 0 Å². The molecule has 1 aromatic rings. The molecule has 1 aromatic carbocycles. The van der Waals surface area contributed by atoms with E-state index in [2.05, 4.69) is 0 Å². The standard InChI is InChI=1S/C15H18O3/c1-10-13(4-3-5-14(10)16)15(17)11-6-8-12(18-2)9-7-11/h6-10,13H,3-5H2,1-2H3/t10-,13+/m0/s1. The highest BCUT2D eigenvalue weighted by Crippen LogP contribution is 2.30. The maximum absolute atomic E-state index is 12.4. The second kappa shape index (κ2) is 5.34. The molecule has 0 aliphatic heterocycles. The molecule has 0 heterocycles. The second-order valence-electron chi connectivity index (χ2n) is 4.85. The van der Waals surface area contributed by atoms with Crippen molar-refractivity contribution in [2.24, 2.45) is 11.8 Å². The highest BCUT2D eigenvalue weighted by molar-refractivity contribution is 6.01. The number of ether oxygens (including phenoxy) is 1. The fourth-order valence-electron chi connectivity index (χ4n) is 2.53. The van der Waals surface area contributed by atoms with E-state index in [9.17, 15) is 9.59 Å². The van der Waals surface area contributed by atoms with Crippen LogP contribution in [0.1, 0.15) is 36.5 Å². The number of benzene rings is 1. The first-order valence-corrected chi connectivity index (χ1v) is 6.34. The summed E-state index contributed by atoms with van der Waals surface area (Å²) in [6.45, 7) is 1.87. The minimum Gasteiger partial charge on any atom is -0.497 e. The van der Waals surface area contributed by atoms with Gasteiger partial charge in [0.2, 0.25) is 0 Å². The Hall–Kier alpha value is -1.64. The van der Waals surface area contributed by atoms with Crippen molar-refractivity contribution in [2.75, 3.05) is 7.11 Å². The molecule has 0 bridgehead atoms. The molecule has 3 heteroatoms. The normalized spacial score (nSPS) is 23.8. The maximum Gasteiger partial charge on any atom is 0.166 e. The van der Waals surface area contributed by atoms with Gasteiger partial charge in [0.15, 0.2) is 5.78 Å². The van der Waals surface area contributed by atoms with Crippen LogP contribution >= 0.6 is 0 Å². The molecule has 1 saturated carbocycles. The first-order valence-electron chi connectivity index (χ1n) is 6.34. The third-order valence-electron chi connectivity index (χ3n) is 3.76. The summed E-state index contributed by atoms with van der Waals surface area (Å²) in [5.74, 6) is 0.735. The molecule has 3 nitrogen and oxygen atoms in total. The predicted molar refractivity (Wildman–Crippen MR) is 68.8 cm³/mol. The molecule has 18 heavy (non-hydrogen) atoms. The highest BCUT2D eigenvalue weighted by Gasteiger charge is 2.33. The van der Waals surface area contributed by atoms with Crippen molar-refractivity contribution in [3.63, 3.8) is 0 Å². The average molecular weight is 246 g/mol. The van der Waals surface area contributed by atoms with Gasteiger partial charge in [0, 0.05) is 23.8 Å². The van der Waals surface area contributed by atoms with Gasteiger partial charge in [-0.2, -0.15) is 0 Å². The fraction of sp³-hybridized carbons (Fsp3) is 0.467. The van der Waals surface area contributed by atoms with Gasteiger partial charge in [0.05, 0.1) is 7.11 Å². The van der Waals surface area contributed by atoms with Gasteiger partial charge in [-0.3, -0.25) is 9.59 Å². The van der Waals surface area contributed by atoms with Gasteiger partial charge in [-0.15, -0.1) is 0 Å². The monoisotopic (exact) mass is 246 g/mol. The molecule has 96 valence electrons. The molecule has 1 aliphatic carbocycles. The van der Waals surface area contributed by atoms with Crippen LogP contribution in [0.15, 0.2) is 24.3 Å². The van der Waals surface area contributed by atoms with Crippen LogP contribution < -0.4 is 4.74 Å². The summed E-state index contributed by atoms with van der Waals surface area (Å²) in [4.78, 5) is 24.0. The van der Waals surface area contributed by atoms with Crippen molar-refractivity contribution >= 4 is 11.6 Å². The van der Waals surface area contributed by atoms with Crippen LogP contribution in [0.25, 0.3) is 0 Å². The summed E-state index contributed by atoms with van der Waals surface area (Å²) in [6.07, 6.45) is 2.26. The SMILES string of the molecule is COc1ccc(C(=O)[C@@H]2CCCC(=O)[C@H]2C)cc1. The molecular formula is C15H18O3. The van der Waals surface area contributed by atoms with Crippen molar-refractivity contribution in [1.29, 1.82) is 0 Å². The van der Waals surface area contributed by atoms with Gasteiger partial charge in [-0.1, -0.05) is 6.92 Å². The number of rotatable bonds is 3. The first kappa shape index (κ1) is 12.8. The van der Waals surface area contributed by atoms with Crippen LogP contribution in [0.2, 0.25) is 0 Å². The van der Waals surface area contributed by atoms with E-state index in [1.165, 1.54) is 0 Å². The van der Waals surface area contributed by atoms with Crippen LogP contribution in [0.4, 0.5) is 0 Å². The van der Waals surface area contributed by atoms with Gasteiger partial charge in [-0.05, 0) is 37.1 Å². The molecule has 2 atom stereocenters. The Morgan fingerprint density at radius 1 is 1.28 bits per heavy atom. The number of ketones is 2. The molecule has 0 unspecified atom stereocenters.